The van der Waals surface area contributed by atoms with Gasteiger partial charge >= 0.3 is 0 Å². The van der Waals surface area contributed by atoms with Crippen molar-refractivity contribution in [3.05, 3.63) is 42.2 Å². The van der Waals surface area contributed by atoms with Crippen molar-refractivity contribution in [2.75, 3.05) is 30.5 Å². The largest absolute Gasteiger partial charge is 0.392 e. The summed E-state index contributed by atoms with van der Waals surface area (Å²) >= 11 is 0. The summed E-state index contributed by atoms with van der Waals surface area (Å²) in [5.74, 6) is -0.154. The standard InChI is InChI=1S/C21H27N5O5S/c1-30-11-4-12-32(28,29)17-9-7-15(8-10-17)20(26-31-16-5-2-3-6-16)21(27)25-19-14-23-18(22)13-24-19/h7-10,13-14,16H,2-6,11-12H2,1H3,(H2,22,23)(H,24,25,27)/b26-20+. The molecule has 0 aliphatic heterocycles. The normalized spacial score (nSPS) is 15.0. The Bertz CT molecular complexity index is 1030. The molecule has 0 unspecified atom stereocenters. The van der Waals surface area contributed by atoms with Crippen LogP contribution >= 0.6 is 0 Å². The fraction of sp³-hybridized carbons (Fsp3) is 0.429. The van der Waals surface area contributed by atoms with Crippen molar-refractivity contribution >= 4 is 33.1 Å². The average molecular weight is 462 g/mol. The van der Waals surface area contributed by atoms with Crippen LogP contribution < -0.4 is 11.1 Å². The molecule has 172 valence electrons. The molecule has 1 amide bonds. The molecule has 1 aromatic heterocycles. The molecule has 1 saturated carbocycles. The van der Waals surface area contributed by atoms with Gasteiger partial charge in [0.05, 0.1) is 23.0 Å². The molecule has 0 bridgehead atoms. The van der Waals surface area contributed by atoms with Gasteiger partial charge in [-0.3, -0.25) is 4.79 Å². The first kappa shape index (κ1) is 23.6. The van der Waals surface area contributed by atoms with E-state index >= 15 is 0 Å². The van der Waals surface area contributed by atoms with Crippen LogP contribution in [-0.4, -0.2) is 55.6 Å². The number of oxime groups is 1. The third-order valence-electron chi connectivity index (χ3n) is 4.97. The van der Waals surface area contributed by atoms with Crippen LogP contribution in [0.3, 0.4) is 0 Å². The number of nitrogen functional groups attached to an aromatic ring is 1. The predicted octanol–water partition coefficient (Wildman–Crippen LogP) is 2.17. The van der Waals surface area contributed by atoms with Crippen LogP contribution in [0.1, 0.15) is 37.7 Å². The lowest BCUT2D eigenvalue weighted by atomic mass is 10.1. The Morgan fingerprint density at radius 1 is 1.19 bits per heavy atom. The minimum Gasteiger partial charge on any atom is -0.392 e. The highest BCUT2D eigenvalue weighted by atomic mass is 32.2. The van der Waals surface area contributed by atoms with E-state index in [0.717, 1.165) is 25.7 Å². The highest BCUT2D eigenvalue weighted by Crippen LogP contribution is 2.22. The number of nitrogens with two attached hydrogens (primary N) is 1. The van der Waals surface area contributed by atoms with E-state index < -0.39 is 15.7 Å². The number of hydrogen-bond acceptors (Lipinski definition) is 9. The number of hydrogen-bond donors (Lipinski definition) is 2. The second-order valence-electron chi connectivity index (χ2n) is 7.42. The zero-order chi connectivity index (χ0) is 23.0. The molecule has 0 spiro atoms. The van der Waals surface area contributed by atoms with Gasteiger partial charge in [0.2, 0.25) is 0 Å². The van der Waals surface area contributed by atoms with E-state index in [1.165, 1.54) is 43.8 Å². The van der Waals surface area contributed by atoms with Crippen molar-refractivity contribution in [1.29, 1.82) is 0 Å². The molecule has 2 aromatic rings. The Hall–Kier alpha value is -3.05. The van der Waals surface area contributed by atoms with E-state index in [1.54, 1.807) is 0 Å². The van der Waals surface area contributed by atoms with Gasteiger partial charge in [0.15, 0.2) is 21.4 Å². The molecule has 1 fully saturated rings. The molecular weight excluding hydrogens is 434 g/mol. The lowest BCUT2D eigenvalue weighted by molar-refractivity contribution is -0.110. The van der Waals surface area contributed by atoms with Gasteiger partial charge in [0.1, 0.15) is 11.9 Å². The van der Waals surface area contributed by atoms with Gasteiger partial charge in [-0.2, -0.15) is 0 Å². The molecule has 1 aromatic carbocycles. The molecule has 32 heavy (non-hydrogen) atoms. The first-order valence-corrected chi connectivity index (χ1v) is 12.0. The first-order chi connectivity index (χ1) is 15.4. The zero-order valence-electron chi connectivity index (χ0n) is 17.9. The summed E-state index contributed by atoms with van der Waals surface area (Å²) in [7, 11) is -1.93. The number of methoxy groups -OCH3 is 1. The Balaban J connectivity index is 1.81. The molecule has 1 heterocycles. The third-order valence-corrected chi connectivity index (χ3v) is 6.79. The first-order valence-electron chi connectivity index (χ1n) is 10.3. The number of aromatic nitrogens is 2. The molecule has 1 aliphatic carbocycles. The lowest BCUT2D eigenvalue weighted by Gasteiger charge is -2.11. The predicted molar refractivity (Wildman–Crippen MR) is 120 cm³/mol. The number of amides is 1. The summed E-state index contributed by atoms with van der Waals surface area (Å²) in [6.45, 7) is 0.362. The second kappa shape index (κ2) is 11.0. The summed E-state index contributed by atoms with van der Waals surface area (Å²) in [6.07, 6.45) is 6.86. The van der Waals surface area contributed by atoms with Crippen molar-refractivity contribution in [3.8, 4) is 0 Å². The summed E-state index contributed by atoms with van der Waals surface area (Å²) in [6, 6.07) is 5.99. The smallest absolute Gasteiger partial charge is 0.279 e. The number of carbonyl (C=O) groups is 1. The van der Waals surface area contributed by atoms with Gasteiger partial charge in [-0.05, 0) is 44.2 Å². The van der Waals surface area contributed by atoms with Gasteiger partial charge in [-0.25, -0.2) is 18.4 Å². The maximum Gasteiger partial charge on any atom is 0.279 e. The minimum absolute atomic E-state index is 0.0128. The maximum atomic E-state index is 12.9. The van der Waals surface area contributed by atoms with Crippen molar-refractivity contribution in [2.24, 2.45) is 5.16 Å². The summed E-state index contributed by atoms with van der Waals surface area (Å²) < 4.78 is 29.9. The van der Waals surface area contributed by atoms with Gasteiger partial charge in [0, 0.05) is 19.3 Å². The van der Waals surface area contributed by atoms with Gasteiger partial charge < -0.3 is 20.6 Å². The number of nitrogens with one attached hydrogen (secondary N) is 1. The minimum atomic E-state index is -3.46. The van der Waals surface area contributed by atoms with Crippen LogP contribution in [-0.2, 0) is 24.2 Å². The number of anilines is 2. The van der Waals surface area contributed by atoms with Crippen molar-refractivity contribution in [2.45, 2.75) is 43.1 Å². The molecule has 11 heteroatoms. The Morgan fingerprint density at radius 3 is 2.53 bits per heavy atom. The van der Waals surface area contributed by atoms with Crippen LogP contribution in [0.25, 0.3) is 0 Å². The Kier molecular flexibility index (Phi) is 8.12. The van der Waals surface area contributed by atoms with E-state index in [0.29, 0.717) is 18.6 Å². The Morgan fingerprint density at radius 2 is 1.91 bits per heavy atom. The van der Waals surface area contributed by atoms with E-state index in [-0.39, 0.29) is 34.1 Å². The number of sulfone groups is 1. The fourth-order valence-corrected chi connectivity index (χ4v) is 4.54. The summed E-state index contributed by atoms with van der Waals surface area (Å²) in [4.78, 5) is 26.6. The number of carbonyl (C=O) groups excluding carboxylic acids is 1. The topological polar surface area (TPSA) is 146 Å². The zero-order valence-corrected chi connectivity index (χ0v) is 18.7. The molecular formula is C21H27N5O5S. The molecule has 0 saturated heterocycles. The SMILES string of the molecule is COCCCS(=O)(=O)c1ccc(/C(=N\OC2CCCC2)C(=O)Nc2cnc(N)cn2)cc1. The van der Waals surface area contributed by atoms with Gasteiger partial charge in [-0.1, -0.05) is 17.3 Å². The quantitative estimate of drug-likeness (QED) is 0.311. The summed E-state index contributed by atoms with van der Waals surface area (Å²) in [5, 5.41) is 6.72. The van der Waals surface area contributed by atoms with Crippen LogP contribution in [0.15, 0.2) is 46.7 Å². The number of rotatable bonds is 10. The van der Waals surface area contributed by atoms with E-state index in [1.807, 2.05) is 0 Å². The van der Waals surface area contributed by atoms with E-state index in [9.17, 15) is 13.2 Å². The van der Waals surface area contributed by atoms with Crippen LogP contribution in [0, 0.1) is 0 Å². The van der Waals surface area contributed by atoms with E-state index in [4.69, 9.17) is 15.3 Å². The Labute approximate surface area is 187 Å². The molecule has 1 aliphatic rings. The van der Waals surface area contributed by atoms with Gasteiger partial charge in [0.25, 0.3) is 5.91 Å². The fourth-order valence-electron chi connectivity index (χ4n) is 3.26. The number of nitrogens with zero attached hydrogens (tertiary/aromatic N) is 3. The molecule has 3 N–H and O–H groups in total. The molecule has 0 radical (unpaired) electrons. The van der Waals surface area contributed by atoms with Crippen LogP contribution in [0.2, 0.25) is 0 Å². The molecule has 10 nitrogen and oxygen atoms in total. The average Bonchev–Trinajstić information content (AvgIpc) is 3.30. The number of ether oxygens (including phenoxy) is 1. The highest BCUT2D eigenvalue weighted by molar-refractivity contribution is 7.91. The number of benzene rings is 1. The highest BCUT2D eigenvalue weighted by Gasteiger charge is 2.21. The maximum absolute atomic E-state index is 12.9. The van der Waals surface area contributed by atoms with Crippen LogP contribution in [0.5, 0.6) is 0 Å². The van der Waals surface area contributed by atoms with Gasteiger partial charge in [-0.15, -0.1) is 0 Å². The van der Waals surface area contributed by atoms with Crippen molar-refractivity contribution in [1.82, 2.24) is 9.97 Å². The monoisotopic (exact) mass is 461 g/mol. The lowest BCUT2D eigenvalue weighted by Crippen LogP contribution is -2.25. The second-order valence-corrected chi connectivity index (χ2v) is 9.53. The third kappa shape index (κ3) is 6.47. The van der Waals surface area contributed by atoms with Crippen LogP contribution in [0.4, 0.5) is 11.6 Å². The van der Waals surface area contributed by atoms with Crippen molar-refractivity contribution < 1.29 is 22.8 Å². The summed E-state index contributed by atoms with van der Waals surface area (Å²) in [5.41, 5.74) is 5.96. The van der Waals surface area contributed by atoms with E-state index in [2.05, 4.69) is 20.4 Å². The molecule has 3 rings (SSSR count). The van der Waals surface area contributed by atoms with Crippen molar-refractivity contribution in [3.63, 3.8) is 0 Å². The molecule has 0 atom stereocenters.